The summed E-state index contributed by atoms with van der Waals surface area (Å²) in [4.78, 5) is 4.23. The second-order valence-electron chi connectivity index (χ2n) is 6.40. The van der Waals surface area contributed by atoms with Crippen molar-refractivity contribution in [2.75, 3.05) is 14.1 Å². The molecular formula is C12H25N3O2SSi. The van der Waals surface area contributed by atoms with E-state index in [1.165, 1.54) is 20.3 Å². The molecule has 0 fully saturated rings. The van der Waals surface area contributed by atoms with Crippen molar-refractivity contribution in [1.82, 2.24) is 13.3 Å². The number of rotatable bonds is 3. The third-order valence-electron chi connectivity index (χ3n) is 3.85. The van der Waals surface area contributed by atoms with Gasteiger partial charge in [-0.25, -0.2) is 8.96 Å². The Morgan fingerprint density at radius 1 is 1.37 bits per heavy atom. The van der Waals surface area contributed by atoms with Crippen molar-refractivity contribution in [1.29, 1.82) is 0 Å². The lowest BCUT2D eigenvalue weighted by molar-refractivity contribution is 0.510. The Morgan fingerprint density at radius 2 is 1.89 bits per heavy atom. The Bertz CT molecular complexity index is 658. The average molecular weight is 308 g/mol. The molecule has 0 aliphatic rings. The van der Waals surface area contributed by atoms with Crippen LogP contribution in [-0.4, -0.2) is 43.8 Å². The zero-order valence-corrected chi connectivity index (χ0v) is 14.5. The van der Waals surface area contributed by atoms with E-state index in [9.17, 15) is 8.42 Å². The lowest BCUT2D eigenvalue weighted by atomic mass is 10.2. The van der Waals surface area contributed by atoms with Gasteiger partial charge in [-0.1, -0.05) is 33.9 Å². The zero-order valence-electron chi connectivity index (χ0n) is 15.6. The van der Waals surface area contributed by atoms with Crippen LogP contribution in [0.5, 0.6) is 0 Å². The summed E-state index contributed by atoms with van der Waals surface area (Å²) in [7, 11) is -3.54. The molecule has 0 unspecified atom stereocenters. The van der Waals surface area contributed by atoms with Gasteiger partial charge < -0.3 is 0 Å². The second kappa shape index (κ2) is 4.71. The number of nitrogens with zero attached hydrogens (tertiary/aromatic N) is 3. The zero-order chi connectivity index (χ0) is 17.7. The first kappa shape index (κ1) is 12.1. The normalized spacial score (nSPS) is 17.2. The number of aryl methyl sites for hydroxylation is 1. The summed E-state index contributed by atoms with van der Waals surface area (Å²) >= 11 is 0. The van der Waals surface area contributed by atoms with Crippen LogP contribution >= 0.6 is 0 Å². The van der Waals surface area contributed by atoms with Gasteiger partial charge in [0.1, 0.15) is 13.5 Å². The van der Waals surface area contributed by atoms with E-state index in [2.05, 4.69) is 4.98 Å². The number of hydrogen-bond acceptors (Lipinski definition) is 3. The molecule has 1 rings (SSSR count). The highest BCUT2D eigenvalue weighted by molar-refractivity contribution is 7.87. The number of aromatic nitrogens is 2. The third-order valence-corrected chi connectivity index (χ3v) is 11.0. The maximum Gasteiger partial charge on any atom is 0.308 e. The topological polar surface area (TPSA) is 55.2 Å². The molecule has 0 atom stereocenters. The van der Waals surface area contributed by atoms with Crippen LogP contribution in [0.3, 0.4) is 0 Å². The van der Waals surface area contributed by atoms with Crippen molar-refractivity contribution in [2.45, 2.75) is 45.8 Å². The maximum atomic E-state index is 12.7. The molecule has 0 spiro atoms. The van der Waals surface area contributed by atoms with Crippen molar-refractivity contribution in [2.24, 2.45) is 0 Å². The maximum absolute atomic E-state index is 12.7. The van der Waals surface area contributed by atoms with Crippen LogP contribution in [0.2, 0.25) is 18.1 Å². The predicted octanol–water partition coefficient (Wildman–Crippen LogP) is 1.56. The molecule has 0 saturated heterocycles. The molecule has 0 aliphatic heterocycles. The Hall–Kier alpha value is -0.663. The van der Waals surface area contributed by atoms with Gasteiger partial charge in [-0.05, 0) is 11.9 Å². The number of imidazole rings is 1. The first-order valence-electron chi connectivity index (χ1n) is 7.56. The fourth-order valence-electron chi connectivity index (χ4n) is 1.49. The monoisotopic (exact) mass is 307 g/mol. The van der Waals surface area contributed by atoms with Crippen LogP contribution in [0.4, 0.5) is 0 Å². The second-order valence-corrected chi connectivity index (χ2v) is 13.6. The summed E-state index contributed by atoms with van der Waals surface area (Å²) < 4.78 is 50.1. The van der Waals surface area contributed by atoms with E-state index in [-0.39, 0.29) is 10.7 Å². The van der Waals surface area contributed by atoms with E-state index >= 15 is 0 Å². The minimum Gasteiger partial charge on any atom is -0.246 e. The van der Waals surface area contributed by atoms with E-state index in [4.69, 9.17) is 4.11 Å². The molecule has 0 radical (unpaired) electrons. The van der Waals surface area contributed by atoms with Gasteiger partial charge in [0.2, 0.25) is 0 Å². The molecule has 0 saturated carbocycles. The van der Waals surface area contributed by atoms with Crippen LogP contribution < -0.4 is 5.45 Å². The largest absolute Gasteiger partial charge is 0.308 e. The van der Waals surface area contributed by atoms with Gasteiger partial charge in [0.05, 0.1) is 5.69 Å². The van der Waals surface area contributed by atoms with Gasteiger partial charge in [-0.2, -0.15) is 12.7 Å². The van der Waals surface area contributed by atoms with Crippen LogP contribution in [0.25, 0.3) is 0 Å². The summed E-state index contributed by atoms with van der Waals surface area (Å²) in [5, 5.41) is -0.177. The highest BCUT2D eigenvalue weighted by Gasteiger charge is 2.43. The minimum atomic E-state index is -3.96. The Morgan fingerprint density at radius 3 is 2.26 bits per heavy atom. The van der Waals surface area contributed by atoms with Gasteiger partial charge >= 0.3 is 10.2 Å². The Labute approximate surface area is 122 Å². The Balaban J connectivity index is 3.83. The van der Waals surface area contributed by atoms with Crippen molar-refractivity contribution < 1.29 is 12.5 Å². The molecule has 0 amide bonds. The standard InChI is InChI=1S/C12H25N3O2SSi/c1-10-9-13-11(19(7,8)12(2,3)4)15(10)18(16,17)14(5)6/h9H,1-8H3/i1+1D3. The lowest BCUT2D eigenvalue weighted by Gasteiger charge is -2.36. The molecular weight excluding hydrogens is 279 g/mol. The molecule has 0 aromatic carbocycles. The summed E-state index contributed by atoms with van der Waals surface area (Å²) in [6.07, 6.45) is 1.17. The van der Waals surface area contributed by atoms with Gasteiger partial charge in [0.15, 0.2) is 0 Å². The van der Waals surface area contributed by atoms with E-state index in [1.807, 2.05) is 33.9 Å². The molecule has 19 heavy (non-hydrogen) atoms. The van der Waals surface area contributed by atoms with Gasteiger partial charge in [0.25, 0.3) is 0 Å². The molecule has 1 aromatic rings. The molecule has 7 heteroatoms. The first-order valence-corrected chi connectivity index (χ1v) is 10.5. The molecule has 0 aliphatic carbocycles. The van der Waals surface area contributed by atoms with E-state index in [1.54, 1.807) is 0 Å². The predicted molar refractivity (Wildman–Crippen MR) is 81.8 cm³/mol. The fourth-order valence-corrected chi connectivity index (χ4v) is 5.09. The highest BCUT2D eigenvalue weighted by Crippen LogP contribution is 2.35. The van der Waals surface area contributed by atoms with Crippen molar-refractivity contribution in [3.05, 3.63) is 11.9 Å². The Kier molecular flexibility index (Phi) is 3.00. The molecule has 0 bridgehead atoms. The fraction of sp³-hybridized carbons (Fsp3) is 0.750. The average Bonchev–Trinajstić information content (AvgIpc) is 2.71. The molecule has 1 aromatic heterocycles. The summed E-state index contributed by atoms with van der Waals surface area (Å²) in [5.41, 5.74) is 0.0980. The molecule has 5 nitrogen and oxygen atoms in total. The van der Waals surface area contributed by atoms with Gasteiger partial charge in [0, 0.05) is 24.4 Å². The molecule has 110 valence electrons. The van der Waals surface area contributed by atoms with Crippen LogP contribution in [0, 0.1) is 6.85 Å². The van der Waals surface area contributed by atoms with E-state index in [0.717, 1.165) is 8.28 Å². The van der Waals surface area contributed by atoms with Crippen LogP contribution in [-0.2, 0) is 10.2 Å². The molecule has 1 heterocycles. The van der Waals surface area contributed by atoms with Gasteiger partial charge in [-0.3, -0.25) is 0 Å². The third kappa shape index (κ3) is 2.64. The van der Waals surface area contributed by atoms with Crippen LogP contribution in [0.1, 0.15) is 30.6 Å². The SMILES string of the molecule is [2H][13C]([2H])([2H])c1cnc([Si](C)(C)C(C)(C)C)n1S(=O)(=O)N(C)C. The smallest absolute Gasteiger partial charge is 0.246 e. The van der Waals surface area contributed by atoms with Gasteiger partial charge in [-0.15, -0.1) is 0 Å². The van der Waals surface area contributed by atoms with E-state index in [0.29, 0.717) is 5.45 Å². The molecule has 0 N–H and O–H groups in total. The summed E-state index contributed by atoms with van der Waals surface area (Å²) in [6, 6.07) is 0. The lowest BCUT2D eigenvalue weighted by Crippen LogP contribution is -2.56. The minimum absolute atomic E-state index is 0.177. The van der Waals surface area contributed by atoms with Crippen molar-refractivity contribution >= 4 is 23.7 Å². The van der Waals surface area contributed by atoms with E-state index < -0.39 is 25.1 Å². The van der Waals surface area contributed by atoms with Crippen LogP contribution in [0.15, 0.2) is 6.20 Å². The first-order chi connectivity index (χ1) is 9.54. The highest BCUT2D eigenvalue weighted by atomic mass is 32.2. The quantitative estimate of drug-likeness (QED) is 0.629. The summed E-state index contributed by atoms with van der Waals surface area (Å²) in [6.45, 7) is 7.53. The summed E-state index contributed by atoms with van der Waals surface area (Å²) in [5.74, 6) is 0. The van der Waals surface area contributed by atoms with Crippen molar-refractivity contribution in [3.63, 3.8) is 0 Å². The van der Waals surface area contributed by atoms with Crippen molar-refractivity contribution in [3.8, 4) is 0 Å². The number of hydrogen-bond donors (Lipinski definition) is 0.